The van der Waals surface area contributed by atoms with Crippen LogP contribution >= 0.6 is 0 Å². The predicted octanol–water partition coefficient (Wildman–Crippen LogP) is 4.16. The molecule has 0 spiro atoms. The van der Waals surface area contributed by atoms with Gasteiger partial charge in [-0.1, -0.05) is 34.6 Å². The van der Waals surface area contributed by atoms with Crippen LogP contribution in [-0.2, 0) is 0 Å². The normalized spacial score (nSPS) is 10.8. The Bertz CT molecular complexity index is 1230. The molecule has 1 N–H and O–H groups in total. The summed E-state index contributed by atoms with van der Waals surface area (Å²) in [6, 6.07) is 23.4. The molecule has 5 aromatic rings. The minimum Gasteiger partial charge on any atom is -0.491 e. The van der Waals surface area contributed by atoms with Gasteiger partial charge in [-0.25, -0.2) is 9.67 Å². The third-order valence-corrected chi connectivity index (χ3v) is 4.63. The molecule has 5 rings (SSSR count). The van der Waals surface area contributed by atoms with Crippen LogP contribution in [0.15, 0.2) is 91.4 Å². The third kappa shape index (κ3) is 3.51. The van der Waals surface area contributed by atoms with Gasteiger partial charge in [0.1, 0.15) is 0 Å². The summed E-state index contributed by atoms with van der Waals surface area (Å²) in [5.41, 5.74) is 5.96. The van der Waals surface area contributed by atoms with E-state index in [1.807, 2.05) is 72.8 Å². The highest BCUT2D eigenvalue weighted by Crippen LogP contribution is 2.29. The lowest BCUT2D eigenvalue weighted by Gasteiger charge is -2.10. The van der Waals surface area contributed by atoms with E-state index in [4.69, 9.17) is 4.98 Å². The molecule has 30 heavy (non-hydrogen) atoms. The van der Waals surface area contributed by atoms with Crippen molar-refractivity contribution in [1.82, 2.24) is 29.9 Å². The molecule has 0 bridgehead atoms. The van der Waals surface area contributed by atoms with Crippen LogP contribution < -0.4 is 0 Å². The summed E-state index contributed by atoms with van der Waals surface area (Å²) in [5, 5.41) is 16.9. The van der Waals surface area contributed by atoms with E-state index in [0.717, 1.165) is 39.6 Å². The van der Waals surface area contributed by atoms with Gasteiger partial charge in [0, 0.05) is 12.4 Å². The maximum atomic E-state index is 9.41. The van der Waals surface area contributed by atoms with Gasteiger partial charge in [-0.2, -0.15) is 0 Å². The standard InChI is InChI=1S/C23H16N6O/c30-23-15-29(28-27-23)18-9-7-16(8-10-18)17-13-21(19-5-1-3-11-24-19)26-22(14-17)20-6-2-4-12-25-20/h1-15,30H. The van der Waals surface area contributed by atoms with Crippen molar-refractivity contribution < 1.29 is 5.11 Å². The zero-order valence-electron chi connectivity index (χ0n) is 15.8. The number of aromatic nitrogens is 6. The maximum absolute atomic E-state index is 9.41. The van der Waals surface area contributed by atoms with Crippen molar-refractivity contribution in [3.05, 3.63) is 91.4 Å². The van der Waals surface area contributed by atoms with E-state index in [1.54, 1.807) is 12.4 Å². The quantitative estimate of drug-likeness (QED) is 0.494. The summed E-state index contributed by atoms with van der Waals surface area (Å²) in [7, 11) is 0. The van der Waals surface area contributed by atoms with E-state index >= 15 is 0 Å². The summed E-state index contributed by atoms with van der Waals surface area (Å²) in [6.45, 7) is 0. The Hall–Kier alpha value is -4.39. The molecule has 7 heteroatoms. The number of nitrogens with zero attached hydrogens (tertiary/aromatic N) is 6. The number of pyridine rings is 3. The van der Waals surface area contributed by atoms with Crippen LogP contribution in [0.1, 0.15) is 0 Å². The number of rotatable bonds is 4. The molecule has 0 amide bonds. The van der Waals surface area contributed by atoms with Crippen molar-refractivity contribution in [1.29, 1.82) is 0 Å². The van der Waals surface area contributed by atoms with Gasteiger partial charge in [-0.15, -0.1) is 0 Å². The smallest absolute Gasteiger partial charge is 0.251 e. The van der Waals surface area contributed by atoms with Gasteiger partial charge in [0.25, 0.3) is 5.88 Å². The first-order valence-electron chi connectivity index (χ1n) is 9.33. The molecule has 7 nitrogen and oxygen atoms in total. The van der Waals surface area contributed by atoms with Crippen molar-refractivity contribution in [3.63, 3.8) is 0 Å². The molecule has 0 saturated carbocycles. The van der Waals surface area contributed by atoms with E-state index < -0.39 is 0 Å². The summed E-state index contributed by atoms with van der Waals surface area (Å²) in [6.07, 6.45) is 4.97. The van der Waals surface area contributed by atoms with E-state index in [1.165, 1.54) is 10.9 Å². The van der Waals surface area contributed by atoms with E-state index in [9.17, 15) is 5.11 Å². The Morgan fingerprint density at radius 1 is 0.667 bits per heavy atom. The Morgan fingerprint density at radius 3 is 1.80 bits per heavy atom. The van der Waals surface area contributed by atoms with Crippen molar-refractivity contribution in [2.24, 2.45) is 0 Å². The fourth-order valence-electron chi connectivity index (χ4n) is 3.18. The minimum absolute atomic E-state index is 0.117. The number of hydrogen-bond donors (Lipinski definition) is 1. The van der Waals surface area contributed by atoms with Crippen LogP contribution in [0.25, 0.3) is 39.6 Å². The predicted molar refractivity (Wildman–Crippen MR) is 113 cm³/mol. The number of aromatic hydroxyl groups is 1. The zero-order valence-corrected chi connectivity index (χ0v) is 15.8. The van der Waals surface area contributed by atoms with Gasteiger partial charge in [0.05, 0.1) is 34.7 Å². The van der Waals surface area contributed by atoms with Crippen molar-refractivity contribution in [2.45, 2.75) is 0 Å². The second-order valence-electron chi connectivity index (χ2n) is 6.62. The number of hydrogen-bond acceptors (Lipinski definition) is 6. The van der Waals surface area contributed by atoms with Crippen LogP contribution in [0.4, 0.5) is 0 Å². The summed E-state index contributed by atoms with van der Waals surface area (Å²) in [4.78, 5) is 13.7. The molecule has 0 aliphatic carbocycles. The summed E-state index contributed by atoms with van der Waals surface area (Å²) >= 11 is 0. The highest BCUT2D eigenvalue weighted by Gasteiger charge is 2.10. The fourth-order valence-corrected chi connectivity index (χ4v) is 3.18. The van der Waals surface area contributed by atoms with Crippen molar-refractivity contribution in [2.75, 3.05) is 0 Å². The third-order valence-electron chi connectivity index (χ3n) is 4.63. The molecule has 1 aromatic carbocycles. The molecule has 0 unspecified atom stereocenters. The molecule has 0 radical (unpaired) electrons. The highest BCUT2D eigenvalue weighted by molar-refractivity contribution is 5.75. The second-order valence-corrected chi connectivity index (χ2v) is 6.62. The van der Waals surface area contributed by atoms with Gasteiger partial charge in [-0.3, -0.25) is 9.97 Å². The van der Waals surface area contributed by atoms with Crippen molar-refractivity contribution >= 4 is 0 Å². The fraction of sp³-hybridized carbons (Fsp3) is 0. The largest absolute Gasteiger partial charge is 0.491 e. The lowest BCUT2D eigenvalue weighted by molar-refractivity contribution is 0.452. The molecule has 4 aromatic heterocycles. The lowest BCUT2D eigenvalue weighted by Crippen LogP contribution is -1.96. The highest BCUT2D eigenvalue weighted by atomic mass is 16.3. The average molecular weight is 392 g/mol. The van der Waals surface area contributed by atoms with Gasteiger partial charge in [0.15, 0.2) is 0 Å². The molecule has 0 aliphatic heterocycles. The average Bonchev–Trinajstić information content (AvgIpc) is 3.26. The molecule has 4 heterocycles. The molecule has 144 valence electrons. The monoisotopic (exact) mass is 392 g/mol. The van der Waals surface area contributed by atoms with Crippen molar-refractivity contribution in [3.8, 4) is 45.5 Å². The summed E-state index contributed by atoms with van der Waals surface area (Å²) in [5.74, 6) is -0.117. The van der Waals surface area contributed by atoms with Gasteiger partial charge in [0.2, 0.25) is 0 Å². The first-order valence-corrected chi connectivity index (χ1v) is 9.33. The molecule has 0 saturated heterocycles. The topological polar surface area (TPSA) is 89.6 Å². The zero-order chi connectivity index (χ0) is 20.3. The van der Waals surface area contributed by atoms with Crippen LogP contribution in [0.3, 0.4) is 0 Å². The minimum atomic E-state index is -0.117. The van der Waals surface area contributed by atoms with E-state index in [0.29, 0.717) is 0 Å². The maximum Gasteiger partial charge on any atom is 0.251 e. The van der Waals surface area contributed by atoms with E-state index in [2.05, 4.69) is 20.3 Å². The van der Waals surface area contributed by atoms with Crippen LogP contribution in [0, 0.1) is 0 Å². The first-order chi connectivity index (χ1) is 14.8. The molecule has 0 fully saturated rings. The van der Waals surface area contributed by atoms with Crippen LogP contribution in [0.5, 0.6) is 5.88 Å². The second kappa shape index (κ2) is 7.56. The lowest BCUT2D eigenvalue weighted by atomic mass is 10.0. The first kappa shape index (κ1) is 17.7. The molecule has 0 atom stereocenters. The molecular weight excluding hydrogens is 376 g/mol. The van der Waals surface area contributed by atoms with Crippen LogP contribution in [-0.4, -0.2) is 35.1 Å². The molecular formula is C23H16N6O. The number of benzene rings is 1. The summed E-state index contributed by atoms with van der Waals surface area (Å²) < 4.78 is 1.52. The van der Waals surface area contributed by atoms with Gasteiger partial charge >= 0.3 is 0 Å². The Kier molecular flexibility index (Phi) is 4.46. The van der Waals surface area contributed by atoms with Gasteiger partial charge < -0.3 is 5.11 Å². The molecule has 0 aliphatic rings. The Labute approximate surface area is 172 Å². The Morgan fingerprint density at radius 2 is 1.30 bits per heavy atom. The van der Waals surface area contributed by atoms with E-state index in [-0.39, 0.29) is 5.88 Å². The Balaban J connectivity index is 1.60. The SMILES string of the molecule is Oc1cn(-c2ccc(-c3cc(-c4ccccn4)nc(-c4ccccn4)c3)cc2)nn1. The van der Waals surface area contributed by atoms with Crippen LogP contribution in [0.2, 0.25) is 0 Å². The van der Waals surface area contributed by atoms with Gasteiger partial charge in [-0.05, 0) is 59.7 Å².